The summed E-state index contributed by atoms with van der Waals surface area (Å²) in [7, 11) is 0. The molecule has 5 nitrogen and oxygen atoms in total. The molecule has 2 aromatic rings. The van der Waals surface area contributed by atoms with Gasteiger partial charge in [0.15, 0.2) is 0 Å². The van der Waals surface area contributed by atoms with Gasteiger partial charge in [-0.15, -0.1) is 0 Å². The Bertz CT molecular complexity index is 678. The summed E-state index contributed by atoms with van der Waals surface area (Å²) in [6.07, 6.45) is 2.36. The van der Waals surface area contributed by atoms with E-state index in [9.17, 15) is 9.90 Å². The third-order valence-corrected chi connectivity index (χ3v) is 4.03. The van der Waals surface area contributed by atoms with Crippen LogP contribution in [0, 0.1) is 5.92 Å². The van der Waals surface area contributed by atoms with E-state index < -0.39 is 6.10 Å². The van der Waals surface area contributed by atoms with E-state index in [0.717, 1.165) is 17.6 Å². The third kappa shape index (κ3) is 3.09. The topological polar surface area (TPSA) is 57.5 Å². The molecule has 1 aliphatic heterocycles. The molecule has 1 fully saturated rings. The maximum Gasteiger partial charge on any atom is 0.321 e. The maximum atomic E-state index is 12.1. The van der Waals surface area contributed by atoms with E-state index in [2.05, 4.69) is 36.0 Å². The number of benzene rings is 1. The van der Waals surface area contributed by atoms with Crippen molar-refractivity contribution < 1.29 is 9.90 Å². The van der Waals surface area contributed by atoms with Crippen LogP contribution in [0.3, 0.4) is 0 Å². The van der Waals surface area contributed by atoms with Crippen molar-refractivity contribution in [1.82, 2.24) is 9.47 Å². The zero-order chi connectivity index (χ0) is 15.7. The predicted molar refractivity (Wildman–Crippen MR) is 88.0 cm³/mol. The minimum absolute atomic E-state index is 0.141. The highest BCUT2D eigenvalue weighted by atomic mass is 16.3. The lowest BCUT2D eigenvalue weighted by Gasteiger charge is -2.16. The summed E-state index contributed by atoms with van der Waals surface area (Å²) in [6.45, 7) is 6.41. The largest absolute Gasteiger partial charge is 0.391 e. The van der Waals surface area contributed by atoms with Crippen LogP contribution in [0.15, 0.2) is 30.5 Å². The van der Waals surface area contributed by atoms with E-state index in [1.54, 1.807) is 4.90 Å². The number of aliphatic hydroxyl groups is 1. The smallest absolute Gasteiger partial charge is 0.321 e. The van der Waals surface area contributed by atoms with Crippen molar-refractivity contribution in [2.24, 2.45) is 5.92 Å². The Hall–Kier alpha value is -2.01. The Morgan fingerprint density at radius 2 is 2.23 bits per heavy atom. The molecular formula is C17H23N3O2. The molecule has 22 heavy (non-hydrogen) atoms. The number of amides is 2. The van der Waals surface area contributed by atoms with Crippen molar-refractivity contribution in [3.05, 3.63) is 30.5 Å². The lowest BCUT2D eigenvalue weighted by Crippen LogP contribution is -2.33. The van der Waals surface area contributed by atoms with E-state index >= 15 is 0 Å². The number of nitrogens with zero attached hydrogens (tertiary/aromatic N) is 2. The highest BCUT2D eigenvalue weighted by Gasteiger charge is 2.24. The number of aromatic nitrogens is 1. The van der Waals surface area contributed by atoms with Crippen LogP contribution in [0.1, 0.15) is 20.3 Å². The monoisotopic (exact) mass is 301 g/mol. The molecule has 3 rings (SSSR count). The van der Waals surface area contributed by atoms with Gasteiger partial charge in [0.1, 0.15) is 0 Å². The molecule has 0 spiro atoms. The lowest BCUT2D eigenvalue weighted by molar-refractivity contribution is 0.176. The predicted octanol–water partition coefficient (Wildman–Crippen LogP) is 2.90. The zero-order valence-corrected chi connectivity index (χ0v) is 13.1. The number of aliphatic hydroxyl groups excluding tert-OH is 1. The molecule has 2 heterocycles. The van der Waals surface area contributed by atoms with Crippen LogP contribution < -0.4 is 5.32 Å². The van der Waals surface area contributed by atoms with Crippen LogP contribution in [-0.4, -0.2) is 39.8 Å². The van der Waals surface area contributed by atoms with Gasteiger partial charge in [-0.05, 0) is 36.6 Å². The van der Waals surface area contributed by atoms with Crippen LogP contribution in [0.4, 0.5) is 10.5 Å². The van der Waals surface area contributed by atoms with Crippen LogP contribution >= 0.6 is 0 Å². The van der Waals surface area contributed by atoms with Crippen LogP contribution in [0.2, 0.25) is 0 Å². The van der Waals surface area contributed by atoms with Crippen molar-refractivity contribution in [3.63, 3.8) is 0 Å². The molecule has 2 amide bonds. The van der Waals surface area contributed by atoms with Crippen molar-refractivity contribution >= 4 is 22.6 Å². The number of hydrogen-bond donors (Lipinski definition) is 2. The Balaban J connectivity index is 1.74. The Labute approximate surface area is 130 Å². The first-order chi connectivity index (χ1) is 10.5. The summed E-state index contributed by atoms with van der Waals surface area (Å²) in [5, 5.41) is 13.5. The molecule has 1 aromatic carbocycles. The van der Waals surface area contributed by atoms with Crippen LogP contribution in [0.5, 0.6) is 0 Å². The second kappa shape index (κ2) is 6.01. The Morgan fingerprint density at radius 1 is 1.41 bits per heavy atom. The molecular weight excluding hydrogens is 278 g/mol. The van der Waals surface area contributed by atoms with Gasteiger partial charge in [0.2, 0.25) is 0 Å². The summed E-state index contributed by atoms with van der Waals surface area (Å²) >= 11 is 0. The van der Waals surface area contributed by atoms with E-state index in [4.69, 9.17) is 0 Å². The number of anilines is 1. The molecule has 118 valence electrons. The first-order valence-electron chi connectivity index (χ1n) is 7.86. The average molecular weight is 301 g/mol. The van der Waals surface area contributed by atoms with Crippen molar-refractivity contribution in [2.75, 3.05) is 18.4 Å². The Kier molecular flexibility index (Phi) is 4.07. The molecule has 0 unspecified atom stereocenters. The van der Waals surface area contributed by atoms with Gasteiger partial charge in [-0.2, -0.15) is 0 Å². The van der Waals surface area contributed by atoms with E-state index in [1.807, 2.05) is 18.2 Å². The minimum atomic E-state index is -0.390. The molecule has 0 bridgehead atoms. The van der Waals surface area contributed by atoms with Crippen molar-refractivity contribution in [2.45, 2.75) is 32.9 Å². The molecule has 1 atom stereocenters. The molecule has 0 aliphatic carbocycles. The minimum Gasteiger partial charge on any atom is -0.391 e. The van der Waals surface area contributed by atoms with Gasteiger partial charge in [0, 0.05) is 42.4 Å². The fraction of sp³-hybridized carbons (Fsp3) is 0.471. The summed E-state index contributed by atoms with van der Waals surface area (Å²) < 4.78 is 2.24. The number of urea groups is 1. The summed E-state index contributed by atoms with van der Waals surface area (Å²) in [6, 6.07) is 7.91. The highest BCUT2D eigenvalue weighted by Crippen LogP contribution is 2.22. The number of fused-ring (bicyclic) bond motifs is 1. The lowest BCUT2D eigenvalue weighted by atomic mass is 10.2. The molecule has 1 aliphatic rings. The van der Waals surface area contributed by atoms with Gasteiger partial charge < -0.3 is 19.9 Å². The second-order valence-electron chi connectivity index (χ2n) is 6.45. The van der Waals surface area contributed by atoms with Crippen molar-refractivity contribution in [3.8, 4) is 0 Å². The first-order valence-corrected chi connectivity index (χ1v) is 7.86. The number of carbonyl (C=O) groups is 1. The summed E-state index contributed by atoms with van der Waals surface area (Å²) in [4.78, 5) is 13.8. The average Bonchev–Trinajstić information content (AvgIpc) is 3.05. The normalized spacial score (nSPS) is 18.4. The molecule has 0 radical (unpaired) electrons. The van der Waals surface area contributed by atoms with Gasteiger partial charge in [0.05, 0.1) is 6.10 Å². The van der Waals surface area contributed by atoms with Gasteiger partial charge in [-0.1, -0.05) is 13.8 Å². The van der Waals surface area contributed by atoms with Gasteiger partial charge in [-0.25, -0.2) is 4.79 Å². The Morgan fingerprint density at radius 3 is 2.91 bits per heavy atom. The number of β-amino-alcohol motifs (C(OH)–C–C–N with tert-alkyl or cyclic N) is 1. The quantitative estimate of drug-likeness (QED) is 0.916. The standard InChI is InChI=1S/C17H23N3O2/c1-12(2)10-19-7-5-13-9-14(3-4-16(13)19)18-17(22)20-8-6-15(21)11-20/h3-5,7,9,12,15,21H,6,8,10-11H2,1-2H3,(H,18,22)/t15-/m1/s1. The molecule has 5 heteroatoms. The van der Waals surface area contributed by atoms with Crippen LogP contribution in [-0.2, 0) is 6.54 Å². The highest BCUT2D eigenvalue weighted by molar-refractivity contribution is 5.93. The van der Waals surface area contributed by atoms with E-state index in [-0.39, 0.29) is 6.03 Å². The van der Waals surface area contributed by atoms with Gasteiger partial charge >= 0.3 is 6.03 Å². The number of carbonyl (C=O) groups excluding carboxylic acids is 1. The van der Waals surface area contributed by atoms with E-state index in [0.29, 0.717) is 25.4 Å². The fourth-order valence-electron chi connectivity index (χ4n) is 2.96. The molecule has 0 saturated carbocycles. The van der Waals surface area contributed by atoms with Crippen molar-refractivity contribution in [1.29, 1.82) is 0 Å². The van der Waals surface area contributed by atoms with E-state index in [1.165, 1.54) is 5.52 Å². The number of rotatable bonds is 3. The number of hydrogen-bond acceptors (Lipinski definition) is 2. The molecule has 1 aromatic heterocycles. The van der Waals surface area contributed by atoms with Gasteiger partial charge in [0.25, 0.3) is 0 Å². The summed E-state index contributed by atoms with van der Waals surface area (Å²) in [5.41, 5.74) is 1.98. The third-order valence-electron chi connectivity index (χ3n) is 4.03. The molecule has 1 saturated heterocycles. The number of nitrogens with one attached hydrogen (secondary N) is 1. The van der Waals surface area contributed by atoms with Gasteiger partial charge in [-0.3, -0.25) is 0 Å². The maximum absolute atomic E-state index is 12.1. The number of likely N-dealkylation sites (tertiary alicyclic amines) is 1. The second-order valence-corrected chi connectivity index (χ2v) is 6.45. The van der Waals surface area contributed by atoms with Crippen LogP contribution in [0.25, 0.3) is 10.9 Å². The zero-order valence-electron chi connectivity index (χ0n) is 13.1. The first kappa shape index (κ1) is 14.9. The summed E-state index contributed by atoms with van der Waals surface area (Å²) in [5.74, 6) is 0.594. The molecule has 2 N–H and O–H groups in total. The SMILES string of the molecule is CC(C)Cn1ccc2cc(NC(=O)N3CC[C@@H](O)C3)ccc21. The fourth-order valence-corrected chi connectivity index (χ4v) is 2.96.